The van der Waals surface area contributed by atoms with Crippen molar-refractivity contribution in [2.24, 2.45) is 0 Å². The zero-order chi connectivity index (χ0) is 15.8. The van der Waals surface area contributed by atoms with Crippen molar-refractivity contribution in [1.29, 1.82) is 0 Å². The number of morpholine rings is 1. The Hall–Kier alpha value is -1.79. The normalized spacial score (nSPS) is 17.8. The number of rotatable bonds is 7. The molecule has 0 spiro atoms. The smallest absolute Gasteiger partial charge is 0.254 e. The average molecular weight is 308 g/mol. The molecular weight excluding hydrogens is 284 g/mol. The van der Waals surface area contributed by atoms with Crippen molar-refractivity contribution in [3.63, 3.8) is 0 Å². The first-order valence-electron chi connectivity index (χ1n) is 7.68. The highest BCUT2D eigenvalue weighted by Gasteiger charge is 2.22. The summed E-state index contributed by atoms with van der Waals surface area (Å²) in [6, 6.07) is 5.38. The van der Waals surface area contributed by atoms with Crippen LogP contribution in [0.4, 0.5) is 5.69 Å². The average Bonchev–Trinajstić information content (AvgIpc) is 2.57. The van der Waals surface area contributed by atoms with Crippen molar-refractivity contribution in [2.45, 2.75) is 25.9 Å². The van der Waals surface area contributed by atoms with E-state index in [0.29, 0.717) is 36.9 Å². The summed E-state index contributed by atoms with van der Waals surface area (Å²) in [6.07, 6.45) is 1.54. The number of ether oxygens (including phenoxy) is 3. The Balaban J connectivity index is 2.06. The minimum atomic E-state index is -0.483. The zero-order valence-electron chi connectivity index (χ0n) is 13.2. The van der Waals surface area contributed by atoms with Crippen LogP contribution in [-0.2, 0) is 9.53 Å². The summed E-state index contributed by atoms with van der Waals surface area (Å²) in [5.41, 5.74) is 0.606. The Bertz CT molecular complexity index is 487. The van der Waals surface area contributed by atoms with Gasteiger partial charge in [-0.15, -0.1) is 0 Å². The lowest BCUT2D eigenvalue weighted by Crippen LogP contribution is -2.45. The Morgan fingerprint density at radius 3 is 3.05 bits per heavy atom. The van der Waals surface area contributed by atoms with Gasteiger partial charge in [-0.1, -0.05) is 13.3 Å². The Kier molecular flexibility index (Phi) is 6.48. The Morgan fingerprint density at radius 1 is 1.50 bits per heavy atom. The number of benzene rings is 1. The lowest BCUT2D eigenvalue weighted by Gasteiger charge is -2.23. The second kappa shape index (κ2) is 8.60. The second-order valence-electron chi connectivity index (χ2n) is 5.12. The number of carbonyl (C=O) groups is 1. The molecule has 6 nitrogen and oxygen atoms in total. The van der Waals surface area contributed by atoms with Gasteiger partial charge < -0.3 is 24.8 Å². The van der Waals surface area contributed by atoms with E-state index in [1.807, 2.05) is 12.1 Å². The van der Waals surface area contributed by atoms with Crippen molar-refractivity contribution >= 4 is 11.6 Å². The molecule has 1 unspecified atom stereocenters. The van der Waals surface area contributed by atoms with Crippen LogP contribution >= 0.6 is 0 Å². The van der Waals surface area contributed by atoms with Gasteiger partial charge in [-0.3, -0.25) is 4.79 Å². The first-order valence-corrected chi connectivity index (χ1v) is 7.68. The molecule has 1 aromatic carbocycles. The first-order chi connectivity index (χ1) is 10.7. The monoisotopic (exact) mass is 308 g/mol. The molecule has 0 radical (unpaired) electrons. The molecule has 1 atom stereocenters. The number of amides is 1. The Labute approximate surface area is 131 Å². The van der Waals surface area contributed by atoms with E-state index in [1.165, 1.54) is 0 Å². The third-order valence-electron chi connectivity index (χ3n) is 3.42. The summed E-state index contributed by atoms with van der Waals surface area (Å²) >= 11 is 0. The van der Waals surface area contributed by atoms with E-state index in [4.69, 9.17) is 14.2 Å². The predicted octanol–water partition coefficient (Wildman–Crippen LogP) is 1.80. The van der Waals surface area contributed by atoms with Crippen LogP contribution < -0.4 is 20.1 Å². The van der Waals surface area contributed by atoms with Crippen LogP contribution in [0.2, 0.25) is 0 Å². The molecule has 22 heavy (non-hydrogen) atoms. The molecule has 0 aliphatic carbocycles. The third-order valence-corrected chi connectivity index (χ3v) is 3.42. The molecule has 1 aliphatic rings. The number of anilines is 1. The molecule has 1 saturated heterocycles. The molecule has 2 rings (SSSR count). The van der Waals surface area contributed by atoms with Gasteiger partial charge in [0.2, 0.25) is 0 Å². The summed E-state index contributed by atoms with van der Waals surface area (Å²) in [4.78, 5) is 12.3. The number of methoxy groups -OCH3 is 1. The fourth-order valence-corrected chi connectivity index (χ4v) is 2.13. The molecule has 6 heteroatoms. The molecule has 0 bridgehead atoms. The van der Waals surface area contributed by atoms with E-state index in [0.717, 1.165) is 19.4 Å². The van der Waals surface area contributed by atoms with E-state index in [-0.39, 0.29) is 5.91 Å². The topological polar surface area (TPSA) is 68.8 Å². The third kappa shape index (κ3) is 4.61. The molecule has 1 aromatic rings. The molecule has 0 saturated carbocycles. The van der Waals surface area contributed by atoms with Gasteiger partial charge >= 0.3 is 0 Å². The quantitative estimate of drug-likeness (QED) is 0.752. The molecule has 122 valence electrons. The zero-order valence-corrected chi connectivity index (χ0v) is 13.2. The molecule has 2 N–H and O–H groups in total. The number of unbranched alkanes of at least 4 members (excludes halogenated alkanes) is 1. The highest BCUT2D eigenvalue weighted by atomic mass is 16.5. The van der Waals surface area contributed by atoms with E-state index < -0.39 is 6.10 Å². The van der Waals surface area contributed by atoms with Gasteiger partial charge in [0.1, 0.15) is 17.6 Å². The maximum Gasteiger partial charge on any atom is 0.254 e. The van der Waals surface area contributed by atoms with E-state index in [2.05, 4.69) is 17.6 Å². The lowest BCUT2D eigenvalue weighted by atomic mass is 10.2. The van der Waals surface area contributed by atoms with Crippen molar-refractivity contribution < 1.29 is 19.0 Å². The van der Waals surface area contributed by atoms with Gasteiger partial charge in [0.25, 0.3) is 5.91 Å². The molecular formula is C16H24N2O4. The number of nitrogens with one attached hydrogen (secondary N) is 2. The first kappa shape index (κ1) is 16.6. The fraction of sp³-hybridized carbons (Fsp3) is 0.562. The molecule has 1 aliphatic heterocycles. The summed E-state index contributed by atoms with van der Waals surface area (Å²) in [6.45, 7) is 4.55. The van der Waals surface area contributed by atoms with Gasteiger partial charge in [0, 0.05) is 19.2 Å². The Morgan fingerprint density at radius 2 is 2.36 bits per heavy atom. The minimum absolute atomic E-state index is 0.180. The van der Waals surface area contributed by atoms with Gasteiger partial charge in [0.05, 0.1) is 26.0 Å². The molecule has 1 heterocycles. The van der Waals surface area contributed by atoms with E-state index in [9.17, 15) is 4.79 Å². The van der Waals surface area contributed by atoms with Crippen molar-refractivity contribution in [3.8, 4) is 11.5 Å². The summed E-state index contributed by atoms with van der Waals surface area (Å²) < 4.78 is 16.4. The molecule has 0 aromatic heterocycles. The van der Waals surface area contributed by atoms with Crippen LogP contribution in [0.3, 0.4) is 0 Å². The van der Waals surface area contributed by atoms with Crippen LogP contribution in [0.5, 0.6) is 11.5 Å². The van der Waals surface area contributed by atoms with Crippen LogP contribution in [-0.4, -0.2) is 45.4 Å². The lowest BCUT2D eigenvalue weighted by molar-refractivity contribution is -0.128. The molecule has 1 amide bonds. The van der Waals surface area contributed by atoms with E-state index in [1.54, 1.807) is 13.2 Å². The number of hydrogen-bond acceptors (Lipinski definition) is 5. The van der Waals surface area contributed by atoms with Crippen molar-refractivity contribution in [3.05, 3.63) is 18.2 Å². The highest BCUT2D eigenvalue weighted by molar-refractivity contribution is 5.96. The van der Waals surface area contributed by atoms with Crippen LogP contribution in [0, 0.1) is 0 Å². The predicted molar refractivity (Wildman–Crippen MR) is 84.6 cm³/mol. The van der Waals surface area contributed by atoms with Gasteiger partial charge in [-0.2, -0.15) is 0 Å². The standard InChI is InChI=1S/C16H24N2O4/c1-3-4-8-21-14-6-5-12(20-2)10-13(14)18-16(19)15-11-17-7-9-22-15/h5-6,10,15,17H,3-4,7-9,11H2,1-2H3,(H,18,19). The maximum absolute atomic E-state index is 12.3. The van der Waals surface area contributed by atoms with Gasteiger partial charge in [-0.25, -0.2) is 0 Å². The maximum atomic E-state index is 12.3. The van der Waals surface area contributed by atoms with Crippen molar-refractivity contribution in [1.82, 2.24) is 5.32 Å². The minimum Gasteiger partial charge on any atom is -0.497 e. The summed E-state index contributed by atoms with van der Waals surface area (Å²) in [7, 11) is 1.59. The molecule has 1 fully saturated rings. The van der Waals surface area contributed by atoms with Crippen LogP contribution in [0.25, 0.3) is 0 Å². The highest BCUT2D eigenvalue weighted by Crippen LogP contribution is 2.29. The fourth-order valence-electron chi connectivity index (χ4n) is 2.13. The van der Waals surface area contributed by atoms with Crippen LogP contribution in [0.15, 0.2) is 18.2 Å². The van der Waals surface area contributed by atoms with E-state index >= 15 is 0 Å². The van der Waals surface area contributed by atoms with Crippen LogP contribution in [0.1, 0.15) is 19.8 Å². The number of hydrogen-bond donors (Lipinski definition) is 2. The second-order valence-corrected chi connectivity index (χ2v) is 5.12. The SMILES string of the molecule is CCCCOc1ccc(OC)cc1NC(=O)C1CNCCO1. The van der Waals surface area contributed by atoms with Gasteiger partial charge in [-0.05, 0) is 18.6 Å². The number of carbonyl (C=O) groups excluding carboxylic acids is 1. The van der Waals surface area contributed by atoms with Gasteiger partial charge in [0.15, 0.2) is 0 Å². The van der Waals surface area contributed by atoms with Crippen molar-refractivity contribution in [2.75, 3.05) is 38.7 Å². The summed E-state index contributed by atoms with van der Waals surface area (Å²) in [5.74, 6) is 1.13. The summed E-state index contributed by atoms with van der Waals surface area (Å²) in [5, 5.41) is 6.01. The largest absolute Gasteiger partial charge is 0.497 e.